The molecule has 0 heterocycles. The third kappa shape index (κ3) is 3.04. The number of hydrogen-bond acceptors (Lipinski definition) is 3. The molecule has 1 atom stereocenters. The molecular formula is C12H17FO2S. The number of benzene rings is 1. The lowest BCUT2D eigenvalue weighted by atomic mass is 10.0. The quantitative estimate of drug-likeness (QED) is 0.803. The molecule has 0 amide bonds. The Balaban J connectivity index is 3.01. The number of ether oxygens (including phenoxy) is 2. The summed E-state index contributed by atoms with van der Waals surface area (Å²) in [5, 5.41) is 0. The van der Waals surface area contributed by atoms with Crippen molar-refractivity contribution in [1.29, 1.82) is 0 Å². The van der Waals surface area contributed by atoms with E-state index in [0.717, 1.165) is 5.75 Å². The van der Waals surface area contributed by atoms with Gasteiger partial charge in [0.1, 0.15) is 5.82 Å². The van der Waals surface area contributed by atoms with E-state index in [1.54, 1.807) is 13.2 Å². The summed E-state index contributed by atoms with van der Waals surface area (Å²) in [4.78, 5) is 0. The SMILES string of the molecule is COc1cc(F)c(CC(C)CS)cc1OC. The molecule has 0 bridgehead atoms. The molecule has 4 heteroatoms. The van der Waals surface area contributed by atoms with Gasteiger partial charge in [-0.1, -0.05) is 6.92 Å². The molecular weight excluding hydrogens is 227 g/mol. The maximum absolute atomic E-state index is 13.7. The van der Waals surface area contributed by atoms with Gasteiger partial charge in [-0.25, -0.2) is 4.39 Å². The Hall–Kier alpha value is -0.900. The predicted molar refractivity (Wildman–Crippen MR) is 66.2 cm³/mol. The van der Waals surface area contributed by atoms with Gasteiger partial charge in [0.15, 0.2) is 11.5 Å². The molecule has 1 rings (SSSR count). The number of rotatable bonds is 5. The Morgan fingerprint density at radius 3 is 2.31 bits per heavy atom. The van der Waals surface area contributed by atoms with Crippen LogP contribution in [0.1, 0.15) is 12.5 Å². The second-order valence-electron chi connectivity index (χ2n) is 3.79. The fraction of sp³-hybridized carbons (Fsp3) is 0.500. The fourth-order valence-electron chi connectivity index (χ4n) is 1.49. The number of thiol groups is 1. The van der Waals surface area contributed by atoms with Gasteiger partial charge in [-0.2, -0.15) is 12.6 Å². The zero-order chi connectivity index (χ0) is 12.1. The lowest BCUT2D eigenvalue weighted by Gasteiger charge is -2.13. The minimum absolute atomic E-state index is 0.258. The van der Waals surface area contributed by atoms with E-state index in [-0.39, 0.29) is 5.82 Å². The second kappa shape index (κ2) is 5.99. The average Bonchev–Trinajstić information content (AvgIpc) is 2.30. The van der Waals surface area contributed by atoms with Crippen molar-refractivity contribution in [3.05, 3.63) is 23.5 Å². The highest BCUT2D eigenvalue weighted by atomic mass is 32.1. The molecule has 0 aliphatic heterocycles. The van der Waals surface area contributed by atoms with E-state index in [1.807, 2.05) is 6.92 Å². The summed E-state index contributed by atoms with van der Waals surface area (Å²) < 4.78 is 23.8. The number of halogens is 1. The highest BCUT2D eigenvalue weighted by Crippen LogP contribution is 2.30. The van der Waals surface area contributed by atoms with E-state index < -0.39 is 0 Å². The zero-order valence-corrected chi connectivity index (χ0v) is 10.7. The molecule has 0 spiro atoms. The van der Waals surface area contributed by atoms with E-state index in [2.05, 4.69) is 12.6 Å². The molecule has 0 aliphatic rings. The van der Waals surface area contributed by atoms with Gasteiger partial charge >= 0.3 is 0 Å². The molecule has 2 nitrogen and oxygen atoms in total. The largest absolute Gasteiger partial charge is 0.493 e. The Morgan fingerprint density at radius 1 is 1.25 bits per heavy atom. The predicted octanol–water partition coefficient (Wildman–Crippen LogP) is 2.95. The minimum atomic E-state index is -0.258. The molecule has 1 aromatic rings. The van der Waals surface area contributed by atoms with E-state index in [4.69, 9.17) is 9.47 Å². The van der Waals surface area contributed by atoms with Crippen LogP contribution in [-0.2, 0) is 6.42 Å². The average molecular weight is 244 g/mol. The molecule has 1 unspecified atom stereocenters. The lowest BCUT2D eigenvalue weighted by Crippen LogP contribution is -2.04. The van der Waals surface area contributed by atoms with Crippen LogP contribution in [0, 0.1) is 11.7 Å². The first-order chi connectivity index (χ1) is 7.62. The van der Waals surface area contributed by atoms with Gasteiger partial charge in [0, 0.05) is 6.07 Å². The van der Waals surface area contributed by atoms with E-state index in [0.29, 0.717) is 29.4 Å². The highest BCUT2D eigenvalue weighted by molar-refractivity contribution is 7.80. The lowest BCUT2D eigenvalue weighted by molar-refractivity contribution is 0.351. The summed E-state index contributed by atoms with van der Waals surface area (Å²) >= 11 is 4.19. The third-order valence-corrected chi connectivity index (χ3v) is 3.06. The molecule has 0 aromatic heterocycles. The molecule has 0 radical (unpaired) electrons. The molecule has 0 N–H and O–H groups in total. The zero-order valence-electron chi connectivity index (χ0n) is 9.79. The van der Waals surface area contributed by atoms with E-state index in [1.165, 1.54) is 13.2 Å². The normalized spacial score (nSPS) is 12.3. The van der Waals surface area contributed by atoms with Crippen LogP contribution in [0.3, 0.4) is 0 Å². The number of hydrogen-bond donors (Lipinski definition) is 1. The summed E-state index contributed by atoms with van der Waals surface area (Å²) in [6.07, 6.45) is 0.648. The molecule has 90 valence electrons. The first-order valence-corrected chi connectivity index (χ1v) is 5.76. The number of methoxy groups -OCH3 is 2. The Labute approximate surface area is 101 Å². The van der Waals surface area contributed by atoms with Gasteiger partial charge in [-0.05, 0) is 29.7 Å². The molecule has 0 aliphatic carbocycles. The molecule has 1 aromatic carbocycles. The Kier molecular flexibility index (Phi) is 4.93. The standard InChI is InChI=1S/C12H17FO2S/c1-8(7-16)4-9-5-11(14-2)12(15-3)6-10(9)13/h5-6,8,16H,4,7H2,1-3H3. The second-order valence-corrected chi connectivity index (χ2v) is 4.16. The van der Waals surface area contributed by atoms with Crippen molar-refractivity contribution in [2.45, 2.75) is 13.3 Å². The highest BCUT2D eigenvalue weighted by Gasteiger charge is 2.12. The van der Waals surface area contributed by atoms with Crippen molar-refractivity contribution in [3.8, 4) is 11.5 Å². The summed E-state index contributed by atoms with van der Waals surface area (Å²) in [6, 6.07) is 3.05. The fourth-order valence-corrected chi connectivity index (χ4v) is 1.62. The molecule has 0 fully saturated rings. The van der Waals surface area contributed by atoms with Gasteiger partial charge in [0.2, 0.25) is 0 Å². The van der Waals surface area contributed by atoms with E-state index >= 15 is 0 Å². The van der Waals surface area contributed by atoms with E-state index in [9.17, 15) is 4.39 Å². The summed E-state index contributed by atoms with van der Waals surface area (Å²) in [7, 11) is 3.04. The maximum Gasteiger partial charge on any atom is 0.163 e. The van der Waals surface area contributed by atoms with Crippen LogP contribution in [0.15, 0.2) is 12.1 Å². The van der Waals surface area contributed by atoms with Gasteiger partial charge in [0.25, 0.3) is 0 Å². The van der Waals surface area contributed by atoms with Crippen molar-refractivity contribution < 1.29 is 13.9 Å². The van der Waals surface area contributed by atoms with Gasteiger partial charge in [-0.15, -0.1) is 0 Å². The summed E-state index contributed by atoms with van der Waals surface area (Å²) in [5.41, 5.74) is 0.638. The van der Waals surface area contributed by atoms with Gasteiger partial charge in [-0.3, -0.25) is 0 Å². The van der Waals surface area contributed by atoms with Crippen molar-refractivity contribution in [1.82, 2.24) is 0 Å². The summed E-state index contributed by atoms with van der Waals surface area (Å²) in [6.45, 7) is 2.03. The van der Waals surface area contributed by atoms with Gasteiger partial charge in [0.05, 0.1) is 14.2 Å². The van der Waals surface area contributed by atoms with Gasteiger partial charge < -0.3 is 9.47 Å². The summed E-state index contributed by atoms with van der Waals surface area (Å²) in [5.74, 6) is 1.78. The van der Waals surface area contributed by atoms with Crippen molar-refractivity contribution >= 4 is 12.6 Å². The van der Waals surface area contributed by atoms with Crippen LogP contribution >= 0.6 is 12.6 Å². The van der Waals surface area contributed by atoms with Crippen LogP contribution in [0.5, 0.6) is 11.5 Å². The van der Waals surface area contributed by atoms with Crippen molar-refractivity contribution in [2.75, 3.05) is 20.0 Å². The maximum atomic E-state index is 13.7. The third-order valence-electron chi connectivity index (χ3n) is 2.43. The van der Waals surface area contributed by atoms with Crippen LogP contribution < -0.4 is 9.47 Å². The van der Waals surface area contributed by atoms with Crippen LogP contribution in [-0.4, -0.2) is 20.0 Å². The minimum Gasteiger partial charge on any atom is -0.493 e. The monoisotopic (exact) mass is 244 g/mol. The van der Waals surface area contributed by atoms with Crippen molar-refractivity contribution in [3.63, 3.8) is 0 Å². The molecule has 0 saturated heterocycles. The Morgan fingerprint density at radius 2 is 1.81 bits per heavy atom. The Bertz CT molecular complexity index is 355. The molecule has 0 saturated carbocycles. The van der Waals surface area contributed by atoms with Crippen LogP contribution in [0.4, 0.5) is 4.39 Å². The first-order valence-electron chi connectivity index (χ1n) is 5.13. The molecule has 16 heavy (non-hydrogen) atoms. The van der Waals surface area contributed by atoms with Crippen LogP contribution in [0.2, 0.25) is 0 Å². The smallest absolute Gasteiger partial charge is 0.163 e. The van der Waals surface area contributed by atoms with Crippen molar-refractivity contribution in [2.24, 2.45) is 5.92 Å². The first kappa shape index (κ1) is 13.2. The van der Waals surface area contributed by atoms with Crippen LogP contribution in [0.25, 0.3) is 0 Å². The topological polar surface area (TPSA) is 18.5 Å².